The maximum atomic E-state index is 5.11. The molecule has 0 heterocycles. The average molecular weight is 149 g/mol. The van der Waals surface area contributed by atoms with Gasteiger partial charge in [-0.3, -0.25) is 0 Å². The molecule has 0 bridgehead atoms. The lowest BCUT2D eigenvalue weighted by Gasteiger charge is -1.99. The van der Waals surface area contributed by atoms with Gasteiger partial charge in [0, 0.05) is 0 Å². The highest BCUT2D eigenvalue weighted by molar-refractivity contribution is 5.14. The summed E-state index contributed by atoms with van der Waals surface area (Å²) in [5.41, 5.74) is 1.33. The van der Waals surface area contributed by atoms with Crippen LogP contribution in [0.3, 0.4) is 0 Å². The van der Waals surface area contributed by atoms with Gasteiger partial charge in [-0.05, 0) is 18.9 Å². The Morgan fingerprint density at radius 2 is 2.00 bits per heavy atom. The van der Waals surface area contributed by atoms with Crippen LogP contribution in [0.1, 0.15) is 12.5 Å². The highest BCUT2D eigenvalue weighted by atomic mass is 16.5. The van der Waals surface area contributed by atoms with Crippen LogP contribution in [0.25, 0.3) is 0 Å². The van der Waals surface area contributed by atoms with Gasteiger partial charge in [0.1, 0.15) is 0 Å². The van der Waals surface area contributed by atoms with E-state index in [0.29, 0.717) is 0 Å². The van der Waals surface area contributed by atoms with Gasteiger partial charge in [0.05, 0.1) is 13.2 Å². The van der Waals surface area contributed by atoms with Crippen LogP contribution < -0.4 is 0 Å². The van der Waals surface area contributed by atoms with Crippen molar-refractivity contribution in [3.05, 3.63) is 42.5 Å². The molecule has 1 rings (SSSR count). The van der Waals surface area contributed by atoms with E-state index >= 15 is 0 Å². The van der Waals surface area contributed by atoms with Crippen LogP contribution in [0.4, 0.5) is 0 Å². The Hall–Kier alpha value is -0.820. The molecule has 0 saturated carbocycles. The Bertz CT molecular complexity index is 181. The fourth-order valence-electron chi connectivity index (χ4n) is 0.939. The highest BCUT2D eigenvalue weighted by Gasteiger charge is 1.89. The average Bonchev–Trinajstić information content (AvgIpc) is 2.07. The second-order valence-electron chi connectivity index (χ2n) is 2.34. The molecule has 0 unspecified atom stereocenters. The fraction of sp³-hybridized carbons (Fsp3) is 0.300. The SMILES string of the molecule is C[CH]OCCc1ccccc1. The number of benzene rings is 1. The Labute approximate surface area is 68.0 Å². The van der Waals surface area contributed by atoms with Gasteiger partial charge in [-0.1, -0.05) is 30.3 Å². The predicted molar refractivity (Wildman–Crippen MR) is 46.1 cm³/mol. The van der Waals surface area contributed by atoms with Gasteiger partial charge < -0.3 is 4.74 Å². The first-order valence-corrected chi connectivity index (χ1v) is 3.87. The molecule has 1 heteroatoms. The van der Waals surface area contributed by atoms with Gasteiger partial charge in [-0.15, -0.1) is 0 Å². The number of rotatable bonds is 4. The summed E-state index contributed by atoms with van der Waals surface area (Å²) >= 11 is 0. The van der Waals surface area contributed by atoms with Crippen molar-refractivity contribution in [1.82, 2.24) is 0 Å². The van der Waals surface area contributed by atoms with Gasteiger partial charge in [-0.25, -0.2) is 0 Å². The van der Waals surface area contributed by atoms with Crippen LogP contribution in [-0.2, 0) is 11.2 Å². The van der Waals surface area contributed by atoms with Gasteiger partial charge in [0.15, 0.2) is 0 Å². The predicted octanol–water partition coefficient (Wildman–Crippen LogP) is 2.43. The maximum Gasteiger partial charge on any atom is 0.0806 e. The van der Waals surface area contributed by atoms with Crippen molar-refractivity contribution in [2.75, 3.05) is 6.61 Å². The Morgan fingerprint density at radius 1 is 1.27 bits per heavy atom. The van der Waals surface area contributed by atoms with Crippen molar-refractivity contribution in [1.29, 1.82) is 0 Å². The summed E-state index contributed by atoms with van der Waals surface area (Å²) in [5, 5.41) is 0. The van der Waals surface area contributed by atoms with E-state index in [1.165, 1.54) is 5.56 Å². The van der Waals surface area contributed by atoms with Crippen molar-refractivity contribution in [3.63, 3.8) is 0 Å². The molecule has 1 aromatic rings. The maximum absolute atomic E-state index is 5.11. The molecule has 0 aliphatic carbocycles. The van der Waals surface area contributed by atoms with Crippen LogP contribution in [0.15, 0.2) is 30.3 Å². The number of ether oxygens (including phenoxy) is 1. The van der Waals surface area contributed by atoms with Crippen molar-refractivity contribution in [2.45, 2.75) is 13.3 Å². The molecular formula is C10H13O. The van der Waals surface area contributed by atoms with E-state index in [1.807, 2.05) is 25.1 Å². The monoisotopic (exact) mass is 149 g/mol. The van der Waals surface area contributed by atoms with Crippen LogP contribution in [-0.4, -0.2) is 6.61 Å². The van der Waals surface area contributed by atoms with Crippen LogP contribution in [0.5, 0.6) is 0 Å². The van der Waals surface area contributed by atoms with E-state index in [0.717, 1.165) is 13.0 Å². The lowest BCUT2D eigenvalue weighted by Crippen LogP contribution is -1.94. The molecule has 0 fully saturated rings. The molecule has 1 aromatic carbocycles. The zero-order valence-corrected chi connectivity index (χ0v) is 6.79. The Balaban J connectivity index is 2.28. The van der Waals surface area contributed by atoms with Crippen molar-refractivity contribution >= 4 is 0 Å². The van der Waals surface area contributed by atoms with Crippen LogP contribution >= 0.6 is 0 Å². The van der Waals surface area contributed by atoms with Gasteiger partial charge in [-0.2, -0.15) is 0 Å². The van der Waals surface area contributed by atoms with Crippen molar-refractivity contribution in [2.24, 2.45) is 0 Å². The van der Waals surface area contributed by atoms with Crippen molar-refractivity contribution in [3.8, 4) is 0 Å². The molecule has 0 N–H and O–H groups in total. The molecule has 1 nitrogen and oxygen atoms in total. The molecule has 0 atom stereocenters. The lowest BCUT2D eigenvalue weighted by atomic mass is 10.2. The molecular weight excluding hydrogens is 136 g/mol. The first-order chi connectivity index (χ1) is 5.43. The second-order valence-corrected chi connectivity index (χ2v) is 2.34. The smallest absolute Gasteiger partial charge is 0.0806 e. The van der Waals surface area contributed by atoms with E-state index in [9.17, 15) is 0 Å². The number of hydrogen-bond acceptors (Lipinski definition) is 1. The van der Waals surface area contributed by atoms with Crippen molar-refractivity contribution < 1.29 is 4.74 Å². The summed E-state index contributed by atoms with van der Waals surface area (Å²) in [5.74, 6) is 0. The molecule has 0 saturated heterocycles. The van der Waals surface area contributed by atoms with Gasteiger partial charge in [0.25, 0.3) is 0 Å². The molecule has 0 amide bonds. The molecule has 1 radical (unpaired) electrons. The molecule has 0 spiro atoms. The van der Waals surface area contributed by atoms with E-state index < -0.39 is 0 Å². The minimum absolute atomic E-state index is 0.778. The zero-order valence-electron chi connectivity index (χ0n) is 6.79. The summed E-state index contributed by atoms with van der Waals surface area (Å²) in [4.78, 5) is 0. The third kappa shape index (κ3) is 3.19. The normalized spacial score (nSPS) is 9.91. The minimum atomic E-state index is 0.778. The molecule has 0 aliphatic rings. The lowest BCUT2D eigenvalue weighted by molar-refractivity contribution is 0.208. The van der Waals surface area contributed by atoms with Gasteiger partial charge >= 0.3 is 0 Å². The van der Waals surface area contributed by atoms with Gasteiger partial charge in [0.2, 0.25) is 0 Å². The first kappa shape index (κ1) is 8.28. The quantitative estimate of drug-likeness (QED) is 0.597. The molecule has 59 valence electrons. The largest absolute Gasteiger partial charge is 0.375 e. The van der Waals surface area contributed by atoms with Crippen LogP contribution in [0.2, 0.25) is 0 Å². The Morgan fingerprint density at radius 3 is 2.64 bits per heavy atom. The standard InChI is InChI=1S/C10H13O/c1-2-11-9-8-10-6-4-3-5-7-10/h2-7H,8-9H2,1H3. The summed E-state index contributed by atoms with van der Waals surface area (Å²) in [6.07, 6.45) is 0.991. The Kier molecular flexibility index (Phi) is 3.70. The first-order valence-electron chi connectivity index (χ1n) is 3.87. The second kappa shape index (κ2) is 4.91. The summed E-state index contributed by atoms with van der Waals surface area (Å²) in [7, 11) is 0. The summed E-state index contributed by atoms with van der Waals surface area (Å²) in [6, 6.07) is 10.3. The minimum Gasteiger partial charge on any atom is -0.375 e. The topological polar surface area (TPSA) is 9.23 Å². The van der Waals surface area contributed by atoms with E-state index in [2.05, 4.69) is 12.1 Å². The fourth-order valence-corrected chi connectivity index (χ4v) is 0.939. The van der Waals surface area contributed by atoms with E-state index in [1.54, 1.807) is 6.61 Å². The third-order valence-corrected chi connectivity index (χ3v) is 1.52. The molecule has 0 aliphatic heterocycles. The van der Waals surface area contributed by atoms with E-state index in [4.69, 9.17) is 4.74 Å². The zero-order chi connectivity index (χ0) is 7.94. The highest BCUT2D eigenvalue weighted by Crippen LogP contribution is 1.99. The molecule has 0 aromatic heterocycles. The van der Waals surface area contributed by atoms with Crippen LogP contribution in [0, 0.1) is 6.61 Å². The number of hydrogen-bond donors (Lipinski definition) is 0. The van der Waals surface area contributed by atoms with E-state index in [-0.39, 0.29) is 0 Å². The third-order valence-electron chi connectivity index (χ3n) is 1.52. The summed E-state index contributed by atoms with van der Waals surface area (Å²) < 4.78 is 5.11. The molecule has 11 heavy (non-hydrogen) atoms. The summed E-state index contributed by atoms with van der Waals surface area (Å²) in [6.45, 7) is 4.40.